The molecule has 0 aromatic heterocycles. The molecular formula is C16H17NO7. The molecule has 1 aliphatic heterocycles. The summed E-state index contributed by atoms with van der Waals surface area (Å²) in [6, 6.07) is 5.67. The lowest BCUT2D eigenvalue weighted by Gasteiger charge is -2.38. The number of carboxylic acid groups (broad SMARTS) is 1. The van der Waals surface area contributed by atoms with E-state index in [4.69, 9.17) is 0 Å². The first kappa shape index (κ1) is 17.5. The Labute approximate surface area is 137 Å². The Morgan fingerprint density at radius 1 is 1.17 bits per heavy atom. The number of esters is 1. The lowest BCUT2D eigenvalue weighted by atomic mass is 9.73. The number of hydrogen-bond donors (Lipinski definition) is 2. The van der Waals surface area contributed by atoms with E-state index < -0.39 is 48.1 Å². The number of nitrogens with zero attached hydrogens (tertiary/aromatic N) is 1. The zero-order valence-corrected chi connectivity index (χ0v) is 13.1. The zero-order valence-electron chi connectivity index (χ0n) is 13.1. The van der Waals surface area contributed by atoms with Gasteiger partial charge in [0.05, 0.1) is 7.11 Å². The number of aromatic hydroxyl groups is 1. The first-order valence-corrected chi connectivity index (χ1v) is 7.21. The number of rotatable bonds is 4. The Morgan fingerprint density at radius 3 is 2.25 bits per heavy atom. The van der Waals surface area contributed by atoms with Crippen molar-refractivity contribution in [1.82, 2.24) is 4.90 Å². The van der Waals surface area contributed by atoms with Crippen molar-refractivity contribution in [3.8, 4) is 5.75 Å². The lowest BCUT2D eigenvalue weighted by Crippen LogP contribution is -2.56. The molecule has 8 nitrogen and oxygen atoms in total. The van der Waals surface area contributed by atoms with Crippen molar-refractivity contribution >= 4 is 23.8 Å². The third-order valence-corrected chi connectivity index (χ3v) is 4.14. The van der Waals surface area contributed by atoms with E-state index in [0.29, 0.717) is 10.5 Å². The maximum absolute atomic E-state index is 12.5. The number of phenolic OH excluding ortho intramolecular Hbond substituents is 1. The number of piperidine rings is 1. The maximum atomic E-state index is 12.5. The van der Waals surface area contributed by atoms with Crippen molar-refractivity contribution in [2.24, 2.45) is 11.8 Å². The average molecular weight is 335 g/mol. The van der Waals surface area contributed by atoms with E-state index in [9.17, 15) is 29.4 Å². The third kappa shape index (κ3) is 3.08. The number of imide groups is 1. The van der Waals surface area contributed by atoms with Crippen LogP contribution in [0.1, 0.15) is 18.4 Å². The van der Waals surface area contributed by atoms with E-state index >= 15 is 0 Å². The summed E-state index contributed by atoms with van der Waals surface area (Å²) < 4.78 is 4.44. The van der Waals surface area contributed by atoms with Crippen LogP contribution in [0.5, 0.6) is 5.75 Å². The van der Waals surface area contributed by atoms with Crippen LogP contribution in [0.15, 0.2) is 24.3 Å². The van der Waals surface area contributed by atoms with Gasteiger partial charge in [-0.3, -0.25) is 24.1 Å². The Balaban J connectivity index is 2.44. The van der Waals surface area contributed by atoms with Crippen molar-refractivity contribution in [3.63, 3.8) is 0 Å². The summed E-state index contributed by atoms with van der Waals surface area (Å²) in [5.41, 5.74) is 0.451. The summed E-state index contributed by atoms with van der Waals surface area (Å²) in [6.07, 6.45) is 0. The summed E-state index contributed by atoms with van der Waals surface area (Å²) in [7, 11) is 1.11. The summed E-state index contributed by atoms with van der Waals surface area (Å²) in [4.78, 5) is 48.6. The number of methoxy groups -OCH3 is 1. The molecule has 0 bridgehead atoms. The monoisotopic (exact) mass is 335 g/mol. The third-order valence-electron chi connectivity index (χ3n) is 4.14. The van der Waals surface area contributed by atoms with Crippen LogP contribution in [0.4, 0.5) is 0 Å². The molecule has 8 heteroatoms. The van der Waals surface area contributed by atoms with Crippen LogP contribution in [-0.4, -0.2) is 52.5 Å². The van der Waals surface area contributed by atoms with Crippen molar-refractivity contribution in [1.29, 1.82) is 0 Å². The predicted octanol–water partition coefficient (Wildman–Crippen LogP) is 0.354. The van der Waals surface area contributed by atoms with Crippen LogP contribution in [0.3, 0.4) is 0 Å². The van der Waals surface area contributed by atoms with Crippen LogP contribution in [0.2, 0.25) is 0 Å². The highest BCUT2D eigenvalue weighted by Gasteiger charge is 2.50. The van der Waals surface area contributed by atoms with Gasteiger partial charge in [-0.05, 0) is 17.7 Å². The van der Waals surface area contributed by atoms with Crippen molar-refractivity contribution < 1.29 is 34.1 Å². The second-order valence-corrected chi connectivity index (χ2v) is 5.56. The number of carbonyl (C=O) groups is 4. The van der Waals surface area contributed by atoms with Gasteiger partial charge in [0.25, 0.3) is 0 Å². The molecule has 1 saturated heterocycles. The van der Waals surface area contributed by atoms with Crippen LogP contribution in [-0.2, 0) is 23.9 Å². The van der Waals surface area contributed by atoms with Crippen molar-refractivity contribution in [2.75, 3.05) is 13.7 Å². The lowest BCUT2D eigenvalue weighted by molar-refractivity contribution is -0.167. The molecule has 0 saturated carbocycles. The quantitative estimate of drug-likeness (QED) is 0.463. The average Bonchev–Trinajstić information content (AvgIpc) is 2.55. The van der Waals surface area contributed by atoms with Gasteiger partial charge in [0, 0.05) is 11.8 Å². The summed E-state index contributed by atoms with van der Waals surface area (Å²) in [5.74, 6) is -7.03. The molecule has 24 heavy (non-hydrogen) atoms. The van der Waals surface area contributed by atoms with Gasteiger partial charge in [-0.25, -0.2) is 0 Å². The van der Waals surface area contributed by atoms with Gasteiger partial charge in [-0.15, -0.1) is 0 Å². The molecule has 128 valence electrons. The first-order valence-electron chi connectivity index (χ1n) is 7.21. The number of carbonyl (C=O) groups excluding carboxylic acids is 3. The smallest absolute Gasteiger partial charge is 0.325 e. The van der Waals surface area contributed by atoms with E-state index in [-0.39, 0.29) is 5.75 Å². The number of aliphatic carboxylic acids is 1. The standard InChI is InChI=1S/C16H17NO7/c1-8-12(9-3-5-10(18)6-4-9)13(16(22)23)15(21)17(14(8)20)7-11(19)24-2/h3-6,8,12-13,18H,7H2,1-2H3,(H,22,23). The van der Waals surface area contributed by atoms with Gasteiger partial charge >= 0.3 is 11.9 Å². The van der Waals surface area contributed by atoms with Gasteiger partial charge in [-0.2, -0.15) is 0 Å². The molecule has 0 radical (unpaired) electrons. The highest BCUT2D eigenvalue weighted by Crippen LogP contribution is 2.39. The molecule has 3 unspecified atom stereocenters. The fourth-order valence-electron chi connectivity index (χ4n) is 2.90. The minimum atomic E-state index is -1.51. The second kappa shape index (κ2) is 6.69. The fraction of sp³-hybridized carbons (Fsp3) is 0.375. The minimum absolute atomic E-state index is 0.0148. The predicted molar refractivity (Wildman–Crippen MR) is 79.9 cm³/mol. The largest absolute Gasteiger partial charge is 0.508 e. The highest BCUT2D eigenvalue weighted by atomic mass is 16.5. The minimum Gasteiger partial charge on any atom is -0.508 e. The molecule has 0 aliphatic carbocycles. The molecule has 0 spiro atoms. The van der Waals surface area contributed by atoms with Gasteiger partial charge < -0.3 is 14.9 Å². The van der Waals surface area contributed by atoms with Gasteiger partial charge in [0.15, 0.2) is 0 Å². The molecule has 2 amide bonds. The van der Waals surface area contributed by atoms with Crippen molar-refractivity contribution in [3.05, 3.63) is 29.8 Å². The van der Waals surface area contributed by atoms with Gasteiger partial charge in [0.2, 0.25) is 11.8 Å². The Morgan fingerprint density at radius 2 is 1.75 bits per heavy atom. The highest BCUT2D eigenvalue weighted by molar-refractivity contribution is 6.10. The van der Waals surface area contributed by atoms with E-state index in [0.717, 1.165) is 7.11 Å². The number of benzene rings is 1. The number of ether oxygens (including phenoxy) is 1. The van der Waals surface area contributed by atoms with E-state index in [2.05, 4.69) is 4.74 Å². The van der Waals surface area contributed by atoms with Crippen molar-refractivity contribution in [2.45, 2.75) is 12.8 Å². The molecular weight excluding hydrogens is 318 g/mol. The molecule has 1 fully saturated rings. The molecule has 2 rings (SSSR count). The summed E-state index contributed by atoms with van der Waals surface area (Å²) in [6.45, 7) is 0.886. The number of likely N-dealkylation sites (tertiary alicyclic amines) is 1. The Kier molecular flexibility index (Phi) is 4.87. The normalized spacial score (nSPS) is 23.9. The number of phenols is 1. The van der Waals surface area contributed by atoms with E-state index in [1.807, 2.05) is 0 Å². The van der Waals surface area contributed by atoms with E-state index in [1.165, 1.54) is 31.2 Å². The molecule has 1 aromatic carbocycles. The summed E-state index contributed by atoms with van der Waals surface area (Å²) >= 11 is 0. The molecule has 1 aromatic rings. The van der Waals surface area contributed by atoms with Crippen LogP contribution < -0.4 is 0 Å². The second-order valence-electron chi connectivity index (χ2n) is 5.56. The Hall–Kier alpha value is -2.90. The fourth-order valence-corrected chi connectivity index (χ4v) is 2.90. The molecule has 3 atom stereocenters. The molecule has 1 heterocycles. The van der Waals surface area contributed by atoms with E-state index in [1.54, 1.807) is 0 Å². The Bertz CT molecular complexity index is 682. The SMILES string of the molecule is COC(=O)CN1C(=O)C(C)C(c2ccc(O)cc2)C(C(=O)O)C1=O. The topological polar surface area (TPSA) is 121 Å². The zero-order chi connectivity index (χ0) is 18.0. The number of carboxylic acids is 1. The van der Waals surface area contributed by atoms with Gasteiger partial charge in [0.1, 0.15) is 18.2 Å². The molecule has 1 aliphatic rings. The number of hydrogen-bond acceptors (Lipinski definition) is 6. The maximum Gasteiger partial charge on any atom is 0.325 e. The molecule has 2 N–H and O–H groups in total. The summed E-state index contributed by atoms with van der Waals surface area (Å²) in [5, 5.41) is 18.8. The van der Waals surface area contributed by atoms with Crippen LogP contribution in [0, 0.1) is 11.8 Å². The van der Waals surface area contributed by atoms with Crippen LogP contribution >= 0.6 is 0 Å². The van der Waals surface area contributed by atoms with Gasteiger partial charge in [-0.1, -0.05) is 19.1 Å². The number of amides is 2. The first-order chi connectivity index (χ1) is 11.3. The van der Waals surface area contributed by atoms with Crippen LogP contribution in [0.25, 0.3) is 0 Å².